The number of benzene rings is 3. The van der Waals surface area contributed by atoms with Crippen LogP contribution in [0.5, 0.6) is 11.5 Å². The molecule has 0 aromatic heterocycles. The van der Waals surface area contributed by atoms with E-state index in [0.29, 0.717) is 23.9 Å². The van der Waals surface area contributed by atoms with E-state index in [9.17, 15) is 4.79 Å². The van der Waals surface area contributed by atoms with Crippen LogP contribution < -0.4 is 20.1 Å². The summed E-state index contributed by atoms with van der Waals surface area (Å²) in [5.74, 6) is 1.43. The van der Waals surface area contributed by atoms with Crippen LogP contribution in [0, 0.1) is 0 Å². The van der Waals surface area contributed by atoms with Crippen molar-refractivity contribution >= 4 is 28.9 Å². The topological polar surface area (TPSA) is 59.6 Å². The number of carbonyl (C=O) groups excluding carboxylic acids is 1. The van der Waals surface area contributed by atoms with E-state index in [1.54, 1.807) is 24.3 Å². The second-order valence-corrected chi connectivity index (χ2v) is 6.38. The van der Waals surface area contributed by atoms with Gasteiger partial charge in [-0.05, 0) is 60.7 Å². The number of rotatable bonds is 9. The number of nitrogens with one attached hydrogen (secondary N) is 2. The van der Waals surface area contributed by atoms with Crippen LogP contribution in [0.2, 0.25) is 5.02 Å². The molecule has 144 valence electrons. The van der Waals surface area contributed by atoms with Crippen LogP contribution in [0.4, 0.5) is 11.4 Å². The fraction of sp³-hybridized carbons (Fsp3) is 0.136. The monoisotopic (exact) mass is 396 g/mol. The lowest BCUT2D eigenvalue weighted by molar-refractivity contribution is -0.114. The van der Waals surface area contributed by atoms with Gasteiger partial charge in [0, 0.05) is 16.4 Å². The summed E-state index contributed by atoms with van der Waals surface area (Å²) in [4.78, 5) is 12.0. The largest absolute Gasteiger partial charge is 0.490 e. The Bertz CT molecular complexity index is 869. The molecule has 5 nitrogen and oxygen atoms in total. The van der Waals surface area contributed by atoms with E-state index in [4.69, 9.17) is 21.1 Å². The van der Waals surface area contributed by atoms with E-state index in [1.165, 1.54) is 0 Å². The van der Waals surface area contributed by atoms with Crippen LogP contribution in [0.15, 0.2) is 78.9 Å². The molecule has 1 amide bonds. The van der Waals surface area contributed by atoms with Crippen molar-refractivity contribution in [2.24, 2.45) is 0 Å². The molecule has 0 atom stereocenters. The smallest absolute Gasteiger partial charge is 0.243 e. The summed E-state index contributed by atoms with van der Waals surface area (Å²) in [6.07, 6.45) is 0. The van der Waals surface area contributed by atoms with Crippen LogP contribution in [0.1, 0.15) is 0 Å². The summed E-state index contributed by atoms with van der Waals surface area (Å²) >= 11 is 5.83. The van der Waals surface area contributed by atoms with E-state index in [1.807, 2.05) is 54.6 Å². The SMILES string of the molecule is O=C(CNc1ccc(OCCOc2ccccc2)cc1)Nc1ccc(Cl)cc1. The van der Waals surface area contributed by atoms with E-state index < -0.39 is 0 Å². The lowest BCUT2D eigenvalue weighted by Gasteiger charge is -2.10. The van der Waals surface area contributed by atoms with Gasteiger partial charge in [0.05, 0.1) is 6.54 Å². The van der Waals surface area contributed by atoms with Crippen molar-refractivity contribution in [2.45, 2.75) is 0 Å². The highest BCUT2D eigenvalue weighted by Gasteiger charge is 2.03. The molecule has 0 saturated heterocycles. The van der Waals surface area contributed by atoms with Crippen molar-refractivity contribution in [1.29, 1.82) is 0 Å². The van der Waals surface area contributed by atoms with Crippen LogP contribution >= 0.6 is 11.6 Å². The van der Waals surface area contributed by atoms with Crippen LogP contribution in [-0.4, -0.2) is 25.7 Å². The molecule has 0 spiro atoms. The zero-order valence-electron chi connectivity index (χ0n) is 15.2. The molecule has 0 aliphatic rings. The molecule has 3 rings (SSSR count). The van der Waals surface area contributed by atoms with Gasteiger partial charge in [-0.2, -0.15) is 0 Å². The number of carbonyl (C=O) groups is 1. The molecule has 0 aliphatic heterocycles. The van der Waals surface area contributed by atoms with Crippen molar-refractivity contribution in [3.05, 3.63) is 83.9 Å². The lowest BCUT2D eigenvalue weighted by Crippen LogP contribution is -2.21. The van der Waals surface area contributed by atoms with Crippen LogP contribution in [0.3, 0.4) is 0 Å². The van der Waals surface area contributed by atoms with E-state index >= 15 is 0 Å². The molecule has 0 bridgehead atoms. The first-order valence-electron chi connectivity index (χ1n) is 8.89. The fourth-order valence-corrected chi connectivity index (χ4v) is 2.55. The summed E-state index contributed by atoms with van der Waals surface area (Å²) < 4.78 is 11.2. The highest BCUT2D eigenvalue weighted by molar-refractivity contribution is 6.30. The number of hydrogen-bond acceptors (Lipinski definition) is 4. The summed E-state index contributed by atoms with van der Waals surface area (Å²) in [6, 6.07) is 24.0. The summed E-state index contributed by atoms with van der Waals surface area (Å²) in [5, 5.41) is 6.50. The van der Waals surface area contributed by atoms with Crippen molar-refractivity contribution in [1.82, 2.24) is 0 Å². The van der Waals surface area contributed by atoms with Crippen molar-refractivity contribution in [3.8, 4) is 11.5 Å². The normalized spacial score (nSPS) is 10.2. The highest BCUT2D eigenvalue weighted by Crippen LogP contribution is 2.16. The second kappa shape index (κ2) is 10.2. The van der Waals surface area contributed by atoms with Gasteiger partial charge in [0.25, 0.3) is 0 Å². The molecule has 0 unspecified atom stereocenters. The number of para-hydroxylation sites is 1. The van der Waals surface area contributed by atoms with Gasteiger partial charge in [-0.25, -0.2) is 0 Å². The first kappa shape index (κ1) is 19.6. The van der Waals surface area contributed by atoms with Gasteiger partial charge in [-0.3, -0.25) is 4.79 Å². The third-order valence-corrected chi connectivity index (χ3v) is 4.05. The molecule has 0 saturated carbocycles. The Balaban J connectivity index is 1.36. The average molecular weight is 397 g/mol. The third kappa shape index (κ3) is 6.52. The first-order chi connectivity index (χ1) is 13.7. The molecule has 2 N–H and O–H groups in total. The Kier molecular flexibility index (Phi) is 7.15. The Morgan fingerprint density at radius 3 is 1.96 bits per heavy atom. The van der Waals surface area contributed by atoms with Crippen LogP contribution in [0.25, 0.3) is 0 Å². The summed E-state index contributed by atoms with van der Waals surface area (Å²) in [5.41, 5.74) is 1.54. The van der Waals surface area contributed by atoms with Crippen molar-refractivity contribution in [3.63, 3.8) is 0 Å². The van der Waals surface area contributed by atoms with Gasteiger partial charge < -0.3 is 20.1 Å². The minimum atomic E-state index is -0.138. The fourth-order valence-electron chi connectivity index (χ4n) is 2.43. The van der Waals surface area contributed by atoms with Crippen molar-refractivity contribution < 1.29 is 14.3 Å². The number of anilines is 2. The van der Waals surface area contributed by atoms with Gasteiger partial charge in [-0.1, -0.05) is 29.8 Å². The molecule has 0 heterocycles. The van der Waals surface area contributed by atoms with Gasteiger partial charge >= 0.3 is 0 Å². The van der Waals surface area contributed by atoms with Gasteiger partial charge in [0.1, 0.15) is 24.7 Å². The number of amides is 1. The number of halogens is 1. The molecule has 0 radical (unpaired) electrons. The molecule has 0 fully saturated rings. The minimum Gasteiger partial charge on any atom is -0.490 e. The zero-order valence-corrected chi connectivity index (χ0v) is 16.0. The maximum atomic E-state index is 12.0. The quantitative estimate of drug-likeness (QED) is 0.508. The predicted octanol–water partition coefficient (Wildman–Crippen LogP) is 4.85. The Morgan fingerprint density at radius 1 is 0.750 bits per heavy atom. The first-order valence-corrected chi connectivity index (χ1v) is 9.27. The molecular weight excluding hydrogens is 376 g/mol. The van der Waals surface area contributed by atoms with E-state index in [0.717, 1.165) is 17.2 Å². The number of ether oxygens (including phenoxy) is 2. The van der Waals surface area contributed by atoms with Gasteiger partial charge in [-0.15, -0.1) is 0 Å². The van der Waals surface area contributed by atoms with E-state index in [2.05, 4.69) is 10.6 Å². The summed E-state index contributed by atoms with van der Waals surface area (Å²) in [7, 11) is 0. The number of hydrogen-bond donors (Lipinski definition) is 2. The molecule has 28 heavy (non-hydrogen) atoms. The second-order valence-electron chi connectivity index (χ2n) is 5.94. The van der Waals surface area contributed by atoms with Gasteiger partial charge in [0.2, 0.25) is 5.91 Å². The van der Waals surface area contributed by atoms with Crippen molar-refractivity contribution in [2.75, 3.05) is 30.4 Å². The van der Waals surface area contributed by atoms with Gasteiger partial charge in [0.15, 0.2) is 0 Å². The molecular formula is C22H21ClN2O3. The average Bonchev–Trinajstić information content (AvgIpc) is 2.73. The third-order valence-electron chi connectivity index (χ3n) is 3.80. The zero-order chi connectivity index (χ0) is 19.6. The summed E-state index contributed by atoms with van der Waals surface area (Å²) in [6.45, 7) is 1.08. The Hall–Kier alpha value is -3.18. The Labute approximate surface area is 169 Å². The van der Waals surface area contributed by atoms with Crippen LogP contribution in [-0.2, 0) is 4.79 Å². The highest BCUT2D eigenvalue weighted by atomic mass is 35.5. The molecule has 0 aliphatic carbocycles. The predicted molar refractivity (Wildman–Crippen MR) is 112 cm³/mol. The maximum absolute atomic E-state index is 12.0. The standard InChI is InChI=1S/C22H21ClN2O3/c23-17-6-8-19(9-7-17)25-22(26)16-24-18-10-12-21(13-11-18)28-15-14-27-20-4-2-1-3-5-20/h1-13,24H,14-16H2,(H,25,26). The lowest BCUT2D eigenvalue weighted by atomic mass is 10.3. The molecule has 3 aromatic rings. The minimum absolute atomic E-state index is 0.138. The molecule has 6 heteroatoms. The Morgan fingerprint density at radius 2 is 1.32 bits per heavy atom. The molecule has 3 aromatic carbocycles. The maximum Gasteiger partial charge on any atom is 0.243 e. The van der Waals surface area contributed by atoms with E-state index in [-0.39, 0.29) is 12.5 Å².